The Morgan fingerprint density at radius 3 is 2.44 bits per heavy atom. The van der Waals surface area contributed by atoms with Crippen molar-refractivity contribution in [2.24, 2.45) is 4.99 Å². The second-order valence-corrected chi connectivity index (χ2v) is 5.13. The van der Waals surface area contributed by atoms with E-state index in [9.17, 15) is 0 Å². The third-order valence-electron chi connectivity index (χ3n) is 2.63. The molecule has 0 atom stereocenters. The van der Waals surface area contributed by atoms with Gasteiger partial charge in [0, 0.05) is 9.78 Å². The number of hydrogen-bond acceptors (Lipinski definition) is 2. The van der Waals surface area contributed by atoms with Crippen LogP contribution in [0.25, 0.3) is 0 Å². The Kier molecular flexibility index (Phi) is 4.36. The maximum Gasteiger partial charge on any atom is 0.118 e. The van der Waals surface area contributed by atoms with Crippen LogP contribution in [0.4, 0.5) is 5.69 Å². The van der Waals surface area contributed by atoms with E-state index in [1.165, 1.54) is 9.13 Å². The number of halogens is 1. The molecule has 2 aromatic carbocycles. The molecule has 0 aliphatic heterocycles. The van der Waals surface area contributed by atoms with Crippen molar-refractivity contribution >= 4 is 34.5 Å². The van der Waals surface area contributed by atoms with Gasteiger partial charge in [-0.05, 0) is 77.0 Å². The monoisotopic (exact) mass is 351 g/mol. The molecule has 0 saturated carbocycles. The smallest absolute Gasteiger partial charge is 0.118 e. The Morgan fingerprint density at radius 2 is 1.83 bits per heavy atom. The lowest BCUT2D eigenvalue weighted by atomic mass is 10.2. The molecule has 2 aromatic rings. The third-order valence-corrected chi connectivity index (χ3v) is 3.80. The molecule has 0 amide bonds. The summed E-state index contributed by atoms with van der Waals surface area (Å²) in [4.78, 5) is 4.46. The summed E-state index contributed by atoms with van der Waals surface area (Å²) in [6, 6.07) is 14.0. The van der Waals surface area contributed by atoms with Gasteiger partial charge < -0.3 is 4.74 Å². The average molecular weight is 351 g/mol. The highest BCUT2D eigenvalue weighted by Gasteiger charge is 1.95. The molecule has 2 rings (SSSR count). The summed E-state index contributed by atoms with van der Waals surface area (Å²) in [5, 5.41) is 0. The summed E-state index contributed by atoms with van der Waals surface area (Å²) in [6.45, 7) is 2.10. The fraction of sp³-hybridized carbons (Fsp3) is 0.133. The first-order chi connectivity index (χ1) is 8.69. The summed E-state index contributed by atoms with van der Waals surface area (Å²) in [5.74, 6) is 0.858. The molecule has 0 aliphatic carbocycles. The standard InChI is InChI=1S/C15H14INO/c1-11-3-6-13(9-15(11)16)17-10-12-4-7-14(18-2)8-5-12/h3-10H,1-2H3. The highest BCUT2D eigenvalue weighted by molar-refractivity contribution is 14.1. The first-order valence-electron chi connectivity index (χ1n) is 5.63. The molecule has 92 valence electrons. The van der Waals surface area contributed by atoms with E-state index in [0.717, 1.165) is 17.0 Å². The van der Waals surface area contributed by atoms with Gasteiger partial charge in [0.2, 0.25) is 0 Å². The summed E-state index contributed by atoms with van der Waals surface area (Å²) >= 11 is 2.32. The molecular formula is C15H14INO. The number of rotatable bonds is 3. The van der Waals surface area contributed by atoms with Crippen molar-refractivity contribution in [3.8, 4) is 5.75 Å². The van der Waals surface area contributed by atoms with E-state index in [1.54, 1.807) is 7.11 Å². The third kappa shape index (κ3) is 3.32. The van der Waals surface area contributed by atoms with Crippen molar-refractivity contribution in [1.82, 2.24) is 0 Å². The Morgan fingerprint density at radius 1 is 1.11 bits per heavy atom. The Labute approximate surface area is 121 Å². The molecule has 2 nitrogen and oxygen atoms in total. The largest absolute Gasteiger partial charge is 0.497 e. The van der Waals surface area contributed by atoms with Crippen molar-refractivity contribution in [1.29, 1.82) is 0 Å². The molecule has 0 saturated heterocycles. The van der Waals surface area contributed by atoms with Crippen LogP contribution in [0.15, 0.2) is 47.5 Å². The van der Waals surface area contributed by atoms with Crippen LogP contribution < -0.4 is 4.74 Å². The number of methoxy groups -OCH3 is 1. The van der Waals surface area contributed by atoms with Gasteiger partial charge in [-0.25, -0.2) is 0 Å². The van der Waals surface area contributed by atoms with Crippen molar-refractivity contribution in [2.45, 2.75) is 6.92 Å². The zero-order valence-corrected chi connectivity index (χ0v) is 12.5. The van der Waals surface area contributed by atoms with E-state index in [1.807, 2.05) is 36.5 Å². The van der Waals surface area contributed by atoms with Crippen LogP contribution in [0.3, 0.4) is 0 Å². The van der Waals surface area contributed by atoms with Crippen molar-refractivity contribution in [2.75, 3.05) is 7.11 Å². The number of aliphatic imine (C=N–C) groups is 1. The molecular weight excluding hydrogens is 337 g/mol. The molecule has 0 N–H and O–H groups in total. The quantitative estimate of drug-likeness (QED) is 0.595. The van der Waals surface area contributed by atoms with Gasteiger partial charge in [-0.2, -0.15) is 0 Å². The zero-order valence-electron chi connectivity index (χ0n) is 10.4. The maximum atomic E-state index is 5.12. The minimum Gasteiger partial charge on any atom is -0.497 e. The second-order valence-electron chi connectivity index (χ2n) is 3.96. The SMILES string of the molecule is COc1ccc(C=Nc2ccc(C)c(I)c2)cc1. The number of benzene rings is 2. The van der Waals surface area contributed by atoms with Gasteiger partial charge >= 0.3 is 0 Å². The second kappa shape index (κ2) is 6.00. The van der Waals surface area contributed by atoms with Gasteiger partial charge in [-0.1, -0.05) is 6.07 Å². The first kappa shape index (κ1) is 13.1. The van der Waals surface area contributed by atoms with Gasteiger partial charge in [0.15, 0.2) is 0 Å². The van der Waals surface area contributed by atoms with E-state index < -0.39 is 0 Å². The predicted molar refractivity (Wildman–Crippen MR) is 84.1 cm³/mol. The maximum absolute atomic E-state index is 5.12. The van der Waals surface area contributed by atoms with Crippen LogP contribution in [0, 0.1) is 10.5 Å². The van der Waals surface area contributed by atoms with Crippen LogP contribution in [0.2, 0.25) is 0 Å². The molecule has 18 heavy (non-hydrogen) atoms. The lowest BCUT2D eigenvalue weighted by molar-refractivity contribution is 0.415. The highest BCUT2D eigenvalue weighted by Crippen LogP contribution is 2.19. The van der Waals surface area contributed by atoms with Gasteiger partial charge in [0.1, 0.15) is 5.75 Å². The summed E-state index contributed by atoms with van der Waals surface area (Å²) in [7, 11) is 1.66. The summed E-state index contributed by atoms with van der Waals surface area (Å²) in [5.41, 5.74) is 3.31. The molecule has 0 bridgehead atoms. The average Bonchev–Trinajstić information content (AvgIpc) is 2.41. The lowest BCUT2D eigenvalue weighted by Gasteiger charge is -2.00. The van der Waals surface area contributed by atoms with Crippen molar-refractivity contribution < 1.29 is 4.74 Å². The molecule has 3 heteroatoms. The minimum atomic E-state index is 0.858. The first-order valence-corrected chi connectivity index (χ1v) is 6.71. The normalized spacial score (nSPS) is 10.8. The Bertz CT molecular complexity index is 561. The summed E-state index contributed by atoms with van der Waals surface area (Å²) in [6.07, 6.45) is 1.86. The zero-order chi connectivity index (χ0) is 13.0. The Hall–Kier alpha value is -1.36. The van der Waals surface area contributed by atoms with Crippen LogP contribution >= 0.6 is 22.6 Å². The molecule has 0 radical (unpaired) electrons. The van der Waals surface area contributed by atoms with Gasteiger partial charge in [-0.15, -0.1) is 0 Å². The number of ether oxygens (including phenoxy) is 1. The molecule has 0 spiro atoms. The van der Waals surface area contributed by atoms with Crippen LogP contribution in [0.5, 0.6) is 5.75 Å². The number of hydrogen-bond donors (Lipinski definition) is 0. The van der Waals surface area contributed by atoms with Crippen LogP contribution in [0.1, 0.15) is 11.1 Å². The van der Waals surface area contributed by atoms with E-state index >= 15 is 0 Å². The molecule has 0 heterocycles. The predicted octanol–water partition coefficient (Wildman–Crippen LogP) is 4.36. The Balaban J connectivity index is 2.16. The highest BCUT2D eigenvalue weighted by atomic mass is 127. The topological polar surface area (TPSA) is 21.6 Å². The number of nitrogens with zero attached hydrogens (tertiary/aromatic N) is 1. The van der Waals surface area contributed by atoms with E-state index in [4.69, 9.17) is 4.74 Å². The molecule has 0 unspecified atom stereocenters. The van der Waals surface area contributed by atoms with Crippen molar-refractivity contribution in [3.05, 3.63) is 57.2 Å². The van der Waals surface area contributed by atoms with Crippen molar-refractivity contribution in [3.63, 3.8) is 0 Å². The summed E-state index contributed by atoms with van der Waals surface area (Å²) < 4.78 is 6.35. The van der Waals surface area contributed by atoms with Gasteiger partial charge in [0.05, 0.1) is 12.8 Å². The van der Waals surface area contributed by atoms with Crippen LogP contribution in [-0.2, 0) is 0 Å². The minimum absolute atomic E-state index is 0.858. The van der Waals surface area contributed by atoms with E-state index in [2.05, 4.69) is 46.6 Å². The van der Waals surface area contributed by atoms with Gasteiger partial charge in [-0.3, -0.25) is 4.99 Å². The van der Waals surface area contributed by atoms with E-state index in [-0.39, 0.29) is 0 Å². The fourth-order valence-electron chi connectivity index (χ4n) is 1.50. The number of aryl methyl sites for hydroxylation is 1. The molecule has 0 aliphatic rings. The van der Waals surface area contributed by atoms with Crippen LogP contribution in [-0.4, -0.2) is 13.3 Å². The fourth-order valence-corrected chi connectivity index (χ4v) is 2.00. The van der Waals surface area contributed by atoms with E-state index in [0.29, 0.717) is 0 Å². The lowest BCUT2D eigenvalue weighted by Crippen LogP contribution is -1.84. The molecule has 0 aromatic heterocycles. The molecule has 0 fully saturated rings. The van der Waals surface area contributed by atoms with Gasteiger partial charge in [0.25, 0.3) is 0 Å².